The molecule has 0 fully saturated rings. The Bertz CT molecular complexity index is 836. The van der Waals surface area contributed by atoms with Crippen LogP contribution in [0.5, 0.6) is 17.2 Å². The van der Waals surface area contributed by atoms with Crippen LogP contribution in [-0.4, -0.2) is 38.3 Å². The summed E-state index contributed by atoms with van der Waals surface area (Å²) in [6, 6.07) is 11.8. The van der Waals surface area contributed by atoms with E-state index in [-0.39, 0.29) is 5.56 Å². The molecule has 156 valence electrons. The predicted molar refractivity (Wildman–Crippen MR) is 110 cm³/mol. The zero-order valence-corrected chi connectivity index (χ0v) is 17.2. The van der Waals surface area contributed by atoms with Crippen molar-refractivity contribution in [2.24, 2.45) is 0 Å². The van der Waals surface area contributed by atoms with Crippen molar-refractivity contribution in [1.82, 2.24) is 0 Å². The van der Waals surface area contributed by atoms with E-state index >= 15 is 0 Å². The molecule has 0 saturated heterocycles. The third-order valence-corrected chi connectivity index (χ3v) is 3.96. The van der Waals surface area contributed by atoms with Gasteiger partial charge in [0.2, 0.25) is 0 Å². The molecule has 0 heterocycles. The molecule has 0 saturated carbocycles. The van der Waals surface area contributed by atoms with E-state index in [1.54, 1.807) is 42.5 Å². The van der Waals surface area contributed by atoms with Crippen LogP contribution in [0.25, 0.3) is 0 Å². The predicted octanol–water partition coefficient (Wildman–Crippen LogP) is 4.07. The molecule has 29 heavy (non-hydrogen) atoms. The van der Waals surface area contributed by atoms with Gasteiger partial charge in [0.05, 0.1) is 31.6 Å². The van der Waals surface area contributed by atoms with Gasteiger partial charge in [0.15, 0.2) is 17.6 Å². The normalized spacial score (nSPS) is 11.3. The summed E-state index contributed by atoms with van der Waals surface area (Å²) in [5.74, 6) is 0.448. The third kappa shape index (κ3) is 6.14. The van der Waals surface area contributed by atoms with Crippen molar-refractivity contribution in [3.63, 3.8) is 0 Å². The first-order valence-corrected chi connectivity index (χ1v) is 9.54. The van der Waals surface area contributed by atoms with Gasteiger partial charge in [-0.25, -0.2) is 4.79 Å². The standard InChI is InChI=1S/C22H27NO6/c1-5-13-28-19-12-11-16(14-20(19)27-6-2)22(25)29-15(3)21(24)23-17-9-7-8-10-18(17)26-4/h7-12,14-15H,5-6,13H2,1-4H3,(H,23,24). The van der Waals surface area contributed by atoms with E-state index < -0.39 is 18.0 Å². The van der Waals surface area contributed by atoms with Crippen molar-refractivity contribution in [3.05, 3.63) is 48.0 Å². The van der Waals surface area contributed by atoms with Crippen LogP contribution in [0, 0.1) is 0 Å². The van der Waals surface area contributed by atoms with Crippen LogP contribution in [0.15, 0.2) is 42.5 Å². The lowest BCUT2D eigenvalue weighted by Gasteiger charge is -2.16. The third-order valence-electron chi connectivity index (χ3n) is 3.96. The summed E-state index contributed by atoms with van der Waals surface area (Å²) in [6.07, 6.45) is -0.146. The lowest BCUT2D eigenvalue weighted by Crippen LogP contribution is -2.30. The average Bonchev–Trinajstić information content (AvgIpc) is 2.73. The molecule has 0 radical (unpaired) electrons. The maximum atomic E-state index is 12.5. The van der Waals surface area contributed by atoms with Crippen LogP contribution in [0.4, 0.5) is 5.69 Å². The molecule has 0 spiro atoms. The number of carbonyl (C=O) groups is 2. The molecule has 2 rings (SSSR count). The maximum Gasteiger partial charge on any atom is 0.339 e. The van der Waals surface area contributed by atoms with Gasteiger partial charge in [-0.15, -0.1) is 0 Å². The zero-order valence-electron chi connectivity index (χ0n) is 17.2. The monoisotopic (exact) mass is 401 g/mol. The highest BCUT2D eigenvalue weighted by Crippen LogP contribution is 2.29. The molecule has 2 aromatic carbocycles. The van der Waals surface area contributed by atoms with Crippen LogP contribution >= 0.6 is 0 Å². The van der Waals surface area contributed by atoms with Crippen molar-refractivity contribution < 1.29 is 28.5 Å². The molecule has 1 unspecified atom stereocenters. The van der Waals surface area contributed by atoms with E-state index in [0.29, 0.717) is 36.1 Å². The summed E-state index contributed by atoms with van der Waals surface area (Å²) in [4.78, 5) is 24.9. The van der Waals surface area contributed by atoms with Gasteiger partial charge in [0.25, 0.3) is 5.91 Å². The number of amides is 1. The van der Waals surface area contributed by atoms with Crippen LogP contribution in [0.3, 0.4) is 0 Å². The largest absolute Gasteiger partial charge is 0.495 e. The van der Waals surface area contributed by atoms with E-state index in [2.05, 4.69) is 5.32 Å². The second kappa shape index (κ2) is 10.9. The van der Waals surface area contributed by atoms with Crippen LogP contribution < -0.4 is 19.5 Å². The number of hydrogen-bond acceptors (Lipinski definition) is 6. The molecule has 1 atom stereocenters. The summed E-state index contributed by atoms with van der Waals surface area (Å²) in [5, 5.41) is 2.70. The first kappa shape index (κ1) is 22.1. The number of para-hydroxylation sites is 2. The van der Waals surface area contributed by atoms with E-state index in [9.17, 15) is 9.59 Å². The van der Waals surface area contributed by atoms with Crippen molar-refractivity contribution >= 4 is 17.6 Å². The molecule has 7 nitrogen and oxygen atoms in total. The number of ether oxygens (including phenoxy) is 4. The summed E-state index contributed by atoms with van der Waals surface area (Å²) >= 11 is 0. The average molecular weight is 401 g/mol. The Morgan fingerprint density at radius 3 is 2.45 bits per heavy atom. The quantitative estimate of drug-likeness (QED) is 0.605. The highest BCUT2D eigenvalue weighted by Gasteiger charge is 2.21. The SMILES string of the molecule is CCCOc1ccc(C(=O)OC(C)C(=O)Nc2ccccc2OC)cc1OCC. The molecular weight excluding hydrogens is 374 g/mol. The van der Waals surface area contributed by atoms with Gasteiger partial charge < -0.3 is 24.3 Å². The van der Waals surface area contributed by atoms with Gasteiger partial charge in [-0.1, -0.05) is 19.1 Å². The number of nitrogens with one attached hydrogen (secondary N) is 1. The molecule has 0 aliphatic heterocycles. The van der Waals surface area contributed by atoms with Crippen LogP contribution in [-0.2, 0) is 9.53 Å². The smallest absolute Gasteiger partial charge is 0.339 e. The van der Waals surface area contributed by atoms with Gasteiger partial charge in [0.1, 0.15) is 5.75 Å². The highest BCUT2D eigenvalue weighted by atomic mass is 16.5. The van der Waals surface area contributed by atoms with E-state index in [1.807, 2.05) is 13.8 Å². The number of methoxy groups -OCH3 is 1. The number of hydrogen-bond donors (Lipinski definition) is 1. The van der Waals surface area contributed by atoms with Gasteiger partial charge in [-0.2, -0.15) is 0 Å². The molecule has 1 amide bonds. The molecular formula is C22H27NO6. The van der Waals surface area contributed by atoms with Crippen LogP contribution in [0.1, 0.15) is 37.6 Å². The maximum absolute atomic E-state index is 12.5. The van der Waals surface area contributed by atoms with E-state index in [1.165, 1.54) is 14.0 Å². The summed E-state index contributed by atoms with van der Waals surface area (Å²) < 4.78 is 21.7. The Labute approximate surface area is 170 Å². The number of rotatable bonds is 10. The highest BCUT2D eigenvalue weighted by molar-refractivity contribution is 5.98. The lowest BCUT2D eigenvalue weighted by molar-refractivity contribution is -0.123. The Kier molecular flexibility index (Phi) is 8.33. The second-order valence-corrected chi connectivity index (χ2v) is 6.18. The number of carbonyl (C=O) groups excluding carboxylic acids is 2. The van der Waals surface area contributed by atoms with Gasteiger partial charge in [-0.3, -0.25) is 4.79 Å². The van der Waals surface area contributed by atoms with Gasteiger partial charge in [-0.05, 0) is 50.6 Å². The fourth-order valence-electron chi connectivity index (χ4n) is 2.50. The molecule has 0 aliphatic rings. The molecule has 0 aliphatic carbocycles. The fourth-order valence-corrected chi connectivity index (χ4v) is 2.50. The molecule has 0 aromatic heterocycles. The first-order valence-electron chi connectivity index (χ1n) is 9.54. The van der Waals surface area contributed by atoms with Crippen molar-refractivity contribution in [2.75, 3.05) is 25.6 Å². The minimum absolute atomic E-state index is 0.272. The first-order chi connectivity index (χ1) is 14.0. The number of benzene rings is 2. The zero-order chi connectivity index (χ0) is 21.2. The van der Waals surface area contributed by atoms with Crippen molar-refractivity contribution in [1.29, 1.82) is 0 Å². The van der Waals surface area contributed by atoms with E-state index in [4.69, 9.17) is 18.9 Å². The Morgan fingerprint density at radius 2 is 1.76 bits per heavy atom. The van der Waals surface area contributed by atoms with Gasteiger partial charge >= 0.3 is 5.97 Å². The van der Waals surface area contributed by atoms with E-state index in [0.717, 1.165) is 6.42 Å². The minimum atomic E-state index is -1.00. The van der Waals surface area contributed by atoms with Crippen molar-refractivity contribution in [3.8, 4) is 17.2 Å². The molecule has 7 heteroatoms. The fraction of sp³-hybridized carbons (Fsp3) is 0.364. The second-order valence-electron chi connectivity index (χ2n) is 6.18. The van der Waals surface area contributed by atoms with Gasteiger partial charge in [0, 0.05) is 0 Å². The van der Waals surface area contributed by atoms with Crippen molar-refractivity contribution in [2.45, 2.75) is 33.3 Å². The van der Waals surface area contributed by atoms with Crippen LogP contribution in [0.2, 0.25) is 0 Å². The number of esters is 1. The summed E-state index contributed by atoms with van der Waals surface area (Å²) in [5.41, 5.74) is 0.771. The summed E-state index contributed by atoms with van der Waals surface area (Å²) in [7, 11) is 1.51. The number of anilines is 1. The topological polar surface area (TPSA) is 83.1 Å². The Morgan fingerprint density at radius 1 is 1.00 bits per heavy atom. The minimum Gasteiger partial charge on any atom is -0.495 e. The Hall–Kier alpha value is -3.22. The summed E-state index contributed by atoms with van der Waals surface area (Å²) in [6.45, 7) is 6.33. The molecule has 1 N–H and O–H groups in total. The Balaban J connectivity index is 2.06. The lowest BCUT2D eigenvalue weighted by atomic mass is 10.2. The molecule has 0 bridgehead atoms. The molecule has 2 aromatic rings.